The second-order valence-corrected chi connectivity index (χ2v) is 5.76. The predicted molar refractivity (Wildman–Crippen MR) is 81.0 cm³/mol. The molecule has 0 unspecified atom stereocenters. The van der Waals surface area contributed by atoms with E-state index < -0.39 is 0 Å². The van der Waals surface area contributed by atoms with Gasteiger partial charge in [-0.2, -0.15) is 0 Å². The first-order valence-electron chi connectivity index (χ1n) is 7.58. The zero-order valence-electron chi connectivity index (χ0n) is 12.2. The summed E-state index contributed by atoms with van der Waals surface area (Å²) in [4.78, 5) is 13.1. The monoisotopic (exact) mass is 291 g/mol. The SMILES string of the molecule is CCCOc1cc(N2CC[C@H]3CNC[C@H]32)cc([N+](=O)[O-])c1. The first-order chi connectivity index (χ1) is 10.2. The number of nitro benzene ring substituents is 1. The molecule has 0 radical (unpaired) electrons. The molecule has 1 N–H and O–H groups in total. The Morgan fingerprint density at radius 3 is 3.05 bits per heavy atom. The Morgan fingerprint density at radius 1 is 1.43 bits per heavy atom. The van der Waals surface area contributed by atoms with Crippen molar-refractivity contribution in [3.63, 3.8) is 0 Å². The van der Waals surface area contributed by atoms with Crippen molar-refractivity contribution in [3.05, 3.63) is 28.3 Å². The Hall–Kier alpha value is -1.82. The molecule has 6 heteroatoms. The third kappa shape index (κ3) is 2.81. The summed E-state index contributed by atoms with van der Waals surface area (Å²) in [5.74, 6) is 1.25. The number of anilines is 1. The topological polar surface area (TPSA) is 67.6 Å². The molecule has 0 bridgehead atoms. The number of non-ortho nitro benzene ring substituents is 1. The van der Waals surface area contributed by atoms with Gasteiger partial charge in [-0.3, -0.25) is 10.1 Å². The molecule has 1 aromatic carbocycles. The van der Waals surface area contributed by atoms with Crippen LogP contribution in [0.15, 0.2) is 18.2 Å². The maximum absolute atomic E-state index is 11.1. The zero-order valence-corrected chi connectivity index (χ0v) is 12.2. The van der Waals surface area contributed by atoms with Crippen molar-refractivity contribution in [3.8, 4) is 5.75 Å². The van der Waals surface area contributed by atoms with E-state index in [2.05, 4.69) is 10.2 Å². The van der Waals surface area contributed by atoms with Crippen LogP contribution in [0, 0.1) is 16.0 Å². The third-order valence-electron chi connectivity index (χ3n) is 4.34. The minimum absolute atomic E-state index is 0.105. The standard InChI is InChI=1S/C15H21N3O3/c1-2-5-21-14-7-12(6-13(8-14)18(19)20)17-4-3-11-9-16-10-15(11)17/h6-8,11,15-16H,2-5,9-10H2,1H3/t11-,15+/m0/s1. The molecule has 6 nitrogen and oxygen atoms in total. The van der Waals surface area contributed by atoms with Crippen molar-refractivity contribution < 1.29 is 9.66 Å². The van der Waals surface area contributed by atoms with Gasteiger partial charge in [0, 0.05) is 43.5 Å². The summed E-state index contributed by atoms with van der Waals surface area (Å²) < 4.78 is 5.61. The number of fused-ring (bicyclic) bond motifs is 1. The molecular formula is C15H21N3O3. The summed E-state index contributed by atoms with van der Waals surface area (Å²) in [6.07, 6.45) is 2.03. The highest BCUT2D eigenvalue weighted by Crippen LogP contribution is 2.36. The fraction of sp³-hybridized carbons (Fsp3) is 0.600. The van der Waals surface area contributed by atoms with E-state index in [1.165, 1.54) is 6.07 Å². The van der Waals surface area contributed by atoms with E-state index >= 15 is 0 Å². The molecule has 3 rings (SSSR count). The van der Waals surface area contributed by atoms with Crippen LogP contribution >= 0.6 is 0 Å². The quantitative estimate of drug-likeness (QED) is 0.665. The van der Waals surface area contributed by atoms with Gasteiger partial charge in [0.05, 0.1) is 17.6 Å². The lowest BCUT2D eigenvalue weighted by atomic mass is 10.0. The van der Waals surface area contributed by atoms with E-state index in [0.29, 0.717) is 24.3 Å². The summed E-state index contributed by atoms with van der Waals surface area (Å²) in [5, 5.41) is 14.5. The molecule has 2 saturated heterocycles. The van der Waals surface area contributed by atoms with E-state index in [1.54, 1.807) is 6.07 Å². The smallest absolute Gasteiger partial charge is 0.275 e. The molecule has 2 aliphatic heterocycles. The molecule has 0 saturated carbocycles. The Bertz CT molecular complexity index is 535. The average Bonchev–Trinajstić information content (AvgIpc) is 3.07. The zero-order chi connectivity index (χ0) is 14.8. The van der Waals surface area contributed by atoms with Crippen LogP contribution in [0.4, 0.5) is 11.4 Å². The predicted octanol–water partition coefficient (Wildman–Crippen LogP) is 2.18. The highest BCUT2D eigenvalue weighted by atomic mass is 16.6. The van der Waals surface area contributed by atoms with E-state index in [9.17, 15) is 10.1 Å². The fourth-order valence-electron chi connectivity index (χ4n) is 3.31. The number of nitrogens with one attached hydrogen (secondary N) is 1. The van der Waals surface area contributed by atoms with E-state index in [4.69, 9.17) is 4.74 Å². The molecular weight excluding hydrogens is 270 g/mol. The van der Waals surface area contributed by atoms with Gasteiger partial charge in [0.1, 0.15) is 5.75 Å². The van der Waals surface area contributed by atoms with Gasteiger partial charge < -0.3 is 15.0 Å². The maximum atomic E-state index is 11.1. The average molecular weight is 291 g/mol. The minimum Gasteiger partial charge on any atom is -0.493 e. The number of benzene rings is 1. The van der Waals surface area contributed by atoms with Crippen LogP contribution in [0.25, 0.3) is 0 Å². The normalized spacial score (nSPS) is 24.1. The summed E-state index contributed by atoms with van der Waals surface area (Å²) in [5.41, 5.74) is 1.01. The van der Waals surface area contributed by atoms with E-state index in [-0.39, 0.29) is 10.6 Å². The number of nitrogens with zero attached hydrogens (tertiary/aromatic N) is 2. The van der Waals surface area contributed by atoms with E-state index in [0.717, 1.165) is 38.2 Å². The molecule has 114 valence electrons. The van der Waals surface area contributed by atoms with Crippen LogP contribution in [0.2, 0.25) is 0 Å². The molecule has 2 atom stereocenters. The second-order valence-electron chi connectivity index (χ2n) is 5.76. The van der Waals surface area contributed by atoms with Gasteiger partial charge in [0.25, 0.3) is 5.69 Å². The summed E-state index contributed by atoms with van der Waals surface area (Å²) in [6.45, 7) is 5.57. The molecule has 0 amide bonds. The fourth-order valence-corrected chi connectivity index (χ4v) is 3.31. The number of hydrogen-bond acceptors (Lipinski definition) is 5. The highest BCUT2D eigenvalue weighted by Gasteiger charge is 2.38. The van der Waals surface area contributed by atoms with E-state index in [1.807, 2.05) is 13.0 Å². The number of hydrogen-bond donors (Lipinski definition) is 1. The molecule has 2 fully saturated rings. The molecule has 0 aromatic heterocycles. The Labute approximate surface area is 124 Å². The van der Waals surface area contributed by atoms with Crippen LogP contribution in [0.5, 0.6) is 5.75 Å². The lowest BCUT2D eigenvalue weighted by Crippen LogP contribution is -2.34. The molecule has 21 heavy (non-hydrogen) atoms. The molecule has 0 spiro atoms. The van der Waals surface area contributed by atoms with Gasteiger partial charge in [0.15, 0.2) is 0 Å². The summed E-state index contributed by atoms with van der Waals surface area (Å²) in [7, 11) is 0. The molecule has 2 heterocycles. The van der Waals surface area contributed by atoms with Gasteiger partial charge in [-0.15, -0.1) is 0 Å². The van der Waals surface area contributed by atoms with Gasteiger partial charge >= 0.3 is 0 Å². The molecule has 0 aliphatic carbocycles. The van der Waals surface area contributed by atoms with Crippen molar-refractivity contribution in [2.45, 2.75) is 25.8 Å². The number of rotatable bonds is 5. The highest BCUT2D eigenvalue weighted by molar-refractivity contribution is 5.59. The lowest BCUT2D eigenvalue weighted by molar-refractivity contribution is -0.384. The van der Waals surface area contributed by atoms with Crippen molar-refractivity contribution in [1.29, 1.82) is 0 Å². The van der Waals surface area contributed by atoms with Crippen molar-refractivity contribution in [2.24, 2.45) is 5.92 Å². The van der Waals surface area contributed by atoms with Crippen molar-refractivity contribution in [1.82, 2.24) is 5.32 Å². The van der Waals surface area contributed by atoms with Crippen LogP contribution in [-0.2, 0) is 0 Å². The first-order valence-corrected chi connectivity index (χ1v) is 7.58. The third-order valence-corrected chi connectivity index (χ3v) is 4.34. The van der Waals surface area contributed by atoms with Gasteiger partial charge in [0.2, 0.25) is 0 Å². The van der Waals surface area contributed by atoms with Crippen LogP contribution < -0.4 is 15.0 Å². The second kappa shape index (κ2) is 5.89. The summed E-state index contributed by atoms with van der Waals surface area (Å²) in [6, 6.07) is 5.56. The maximum Gasteiger partial charge on any atom is 0.275 e. The minimum atomic E-state index is -0.344. The summed E-state index contributed by atoms with van der Waals surface area (Å²) >= 11 is 0. The Balaban J connectivity index is 1.89. The van der Waals surface area contributed by atoms with Crippen molar-refractivity contribution in [2.75, 3.05) is 31.1 Å². The number of ether oxygens (including phenoxy) is 1. The molecule has 2 aliphatic rings. The van der Waals surface area contributed by atoms with Crippen LogP contribution in [-0.4, -0.2) is 37.2 Å². The number of nitro groups is 1. The van der Waals surface area contributed by atoms with Gasteiger partial charge in [-0.25, -0.2) is 0 Å². The Morgan fingerprint density at radius 2 is 2.29 bits per heavy atom. The largest absolute Gasteiger partial charge is 0.493 e. The van der Waals surface area contributed by atoms with Crippen LogP contribution in [0.3, 0.4) is 0 Å². The van der Waals surface area contributed by atoms with Crippen molar-refractivity contribution >= 4 is 11.4 Å². The Kier molecular flexibility index (Phi) is 3.96. The molecule has 1 aromatic rings. The van der Waals surface area contributed by atoms with Crippen LogP contribution in [0.1, 0.15) is 19.8 Å². The van der Waals surface area contributed by atoms with Gasteiger partial charge in [-0.05, 0) is 18.8 Å². The first kappa shape index (κ1) is 14.1. The van der Waals surface area contributed by atoms with Gasteiger partial charge in [-0.1, -0.05) is 6.92 Å². The lowest BCUT2D eigenvalue weighted by Gasteiger charge is -2.26.